The lowest BCUT2D eigenvalue weighted by molar-refractivity contribution is 0.705. The summed E-state index contributed by atoms with van der Waals surface area (Å²) in [7, 11) is 1.97. The Kier molecular flexibility index (Phi) is 3.62. The second kappa shape index (κ2) is 5.02. The smallest absolute Gasteiger partial charge is 0.0703 e. The molecule has 18 heavy (non-hydrogen) atoms. The molecule has 0 aliphatic rings. The standard InChI is InChI=1S/C14H18ClN3/c1-4-12-14(13(5-2)18(3)17-12)10-8-9(15)6-7-11(10)16/h6-8H,4-5,16H2,1-3H3. The van der Waals surface area contributed by atoms with E-state index >= 15 is 0 Å². The topological polar surface area (TPSA) is 43.8 Å². The van der Waals surface area contributed by atoms with Gasteiger partial charge in [-0.1, -0.05) is 25.4 Å². The van der Waals surface area contributed by atoms with Gasteiger partial charge >= 0.3 is 0 Å². The molecule has 1 aromatic heterocycles. The van der Waals surface area contributed by atoms with Crippen LogP contribution in [-0.2, 0) is 19.9 Å². The number of nitrogen functional groups attached to an aromatic ring is 1. The van der Waals surface area contributed by atoms with Crippen molar-refractivity contribution in [2.75, 3.05) is 5.73 Å². The third-order valence-corrected chi connectivity index (χ3v) is 3.43. The molecule has 0 saturated carbocycles. The quantitative estimate of drug-likeness (QED) is 0.862. The minimum absolute atomic E-state index is 0.701. The molecule has 0 spiro atoms. The maximum atomic E-state index is 6.08. The molecule has 0 aliphatic carbocycles. The molecule has 0 bridgehead atoms. The molecule has 1 heterocycles. The van der Waals surface area contributed by atoms with Crippen LogP contribution >= 0.6 is 11.6 Å². The third-order valence-electron chi connectivity index (χ3n) is 3.19. The first-order chi connectivity index (χ1) is 8.58. The van der Waals surface area contributed by atoms with Crippen LogP contribution in [0.25, 0.3) is 11.1 Å². The highest BCUT2D eigenvalue weighted by Gasteiger charge is 2.17. The van der Waals surface area contributed by atoms with Crippen LogP contribution in [-0.4, -0.2) is 9.78 Å². The van der Waals surface area contributed by atoms with Gasteiger partial charge in [0.05, 0.1) is 5.69 Å². The predicted molar refractivity (Wildman–Crippen MR) is 76.8 cm³/mol. The first-order valence-corrected chi connectivity index (χ1v) is 6.56. The Balaban J connectivity index is 2.72. The highest BCUT2D eigenvalue weighted by atomic mass is 35.5. The zero-order chi connectivity index (χ0) is 13.3. The second-order valence-electron chi connectivity index (χ2n) is 4.33. The van der Waals surface area contributed by atoms with Crippen molar-refractivity contribution < 1.29 is 0 Å². The summed E-state index contributed by atoms with van der Waals surface area (Å²) in [6.07, 6.45) is 1.81. The van der Waals surface area contributed by atoms with Crippen molar-refractivity contribution in [3.8, 4) is 11.1 Å². The van der Waals surface area contributed by atoms with E-state index in [9.17, 15) is 0 Å². The molecule has 0 amide bonds. The summed E-state index contributed by atoms with van der Waals surface area (Å²) in [6, 6.07) is 5.59. The highest BCUT2D eigenvalue weighted by Crippen LogP contribution is 2.34. The zero-order valence-corrected chi connectivity index (χ0v) is 11.8. The molecule has 96 valence electrons. The van der Waals surface area contributed by atoms with E-state index in [4.69, 9.17) is 17.3 Å². The Hall–Kier alpha value is -1.48. The van der Waals surface area contributed by atoms with Crippen LogP contribution in [0.1, 0.15) is 25.2 Å². The number of halogens is 1. The molecule has 0 aliphatic heterocycles. The van der Waals surface area contributed by atoms with Gasteiger partial charge in [0.1, 0.15) is 0 Å². The Morgan fingerprint density at radius 3 is 2.61 bits per heavy atom. The minimum atomic E-state index is 0.701. The number of aryl methyl sites for hydroxylation is 2. The average molecular weight is 264 g/mol. The molecule has 0 fully saturated rings. The van der Waals surface area contributed by atoms with Gasteiger partial charge in [0.25, 0.3) is 0 Å². The fourth-order valence-corrected chi connectivity index (χ4v) is 2.50. The molecular formula is C14H18ClN3. The number of nitrogens with zero attached hydrogens (tertiary/aromatic N) is 2. The van der Waals surface area contributed by atoms with Crippen molar-refractivity contribution in [3.63, 3.8) is 0 Å². The fourth-order valence-electron chi connectivity index (χ4n) is 2.33. The van der Waals surface area contributed by atoms with E-state index in [1.165, 1.54) is 5.69 Å². The molecule has 2 rings (SSSR count). The van der Waals surface area contributed by atoms with Crippen LogP contribution in [0.3, 0.4) is 0 Å². The Morgan fingerprint density at radius 1 is 1.28 bits per heavy atom. The molecule has 0 saturated heterocycles. The van der Waals surface area contributed by atoms with E-state index in [0.717, 1.165) is 35.3 Å². The maximum absolute atomic E-state index is 6.08. The molecule has 0 radical (unpaired) electrons. The number of anilines is 1. The largest absolute Gasteiger partial charge is 0.398 e. The van der Waals surface area contributed by atoms with Gasteiger partial charge in [-0.25, -0.2) is 0 Å². The van der Waals surface area contributed by atoms with E-state index in [1.54, 1.807) is 0 Å². The molecular weight excluding hydrogens is 246 g/mol. The summed E-state index contributed by atoms with van der Waals surface area (Å²) in [5.74, 6) is 0. The fraction of sp³-hybridized carbons (Fsp3) is 0.357. The van der Waals surface area contributed by atoms with Crippen LogP contribution in [0.4, 0.5) is 5.69 Å². The average Bonchev–Trinajstić information content (AvgIpc) is 2.68. The molecule has 4 heteroatoms. The first kappa shape index (κ1) is 13.0. The Bertz CT molecular complexity index is 573. The summed E-state index contributed by atoms with van der Waals surface area (Å²) < 4.78 is 1.94. The van der Waals surface area contributed by atoms with E-state index in [-0.39, 0.29) is 0 Å². The lowest BCUT2D eigenvalue weighted by Crippen LogP contribution is -1.98. The van der Waals surface area contributed by atoms with Gasteiger partial charge in [0, 0.05) is 34.6 Å². The van der Waals surface area contributed by atoms with Crippen LogP contribution in [0.2, 0.25) is 5.02 Å². The van der Waals surface area contributed by atoms with Crippen molar-refractivity contribution in [3.05, 3.63) is 34.6 Å². The molecule has 1 aromatic carbocycles. The van der Waals surface area contributed by atoms with E-state index < -0.39 is 0 Å². The number of aromatic nitrogens is 2. The molecule has 0 atom stereocenters. The zero-order valence-electron chi connectivity index (χ0n) is 11.0. The predicted octanol–water partition coefficient (Wildman–Crippen LogP) is 3.45. The van der Waals surface area contributed by atoms with Crippen molar-refractivity contribution >= 4 is 17.3 Å². The van der Waals surface area contributed by atoms with Crippen molar-refractivity contribution in [2.45, 2.75) is 26.7 Å². The summed E-state index contributed by atoms with van der Waals surface area (Å²) in [6.45, 7) is 4.23. The third kappa shape index (κ3) is 2.10. The number of rotatable bonds is 3. The SMILES string of the molecule is CCc1nn(C)c(CC)c1-c1cc(Cl)ccc1N. The van der Waals surface area contributed by atoms with Gasteiger partial charge in [0.15, 0.2) is 0 Å². The number of benzene rings is 1. The van der Waals surface area contributed by atoms with Gasteiger partial charge in [-0.3, -0.25) is 4.68 Å². The van der Waals surface area contributed by atoms with Crippen molar-refractivity contribution in [1.82, 2.24) is 9.78 Å². The van der Waals surface area contributed by atoms with Gasteiger partial charge in [-0.15, -0.1) is 0 Å². The Morgan fingerprint density at radius 2 is 2.00 bits per heavy atom. The van der Waals surface area contributed by atoms with E-state index in [1.807, 2.05) is 29.9 Å². The number of nitrogens with two attached hydrogens (primary N) is 1. The Labute approximate surface area is 113 Å². The lowest BCUT2D eigenvalue weighted by Gasteiger charge is -2.09. The first-order valence-electron chi connectivity index (χ1n) is 6.18. The van der Waals surface area contributed by atoms with Crippen LogP contribution in [0, 0.1) is 0 Å². The van der Waals surface area contributed by atoms with E-state index in [0.29, 0.717) is 5.02 Å². The van der Waals surface area contributed by atoms with Crippen LogP contribution < -0.4 is 5.73 Å². The second-order valence-corrected chi connectivity index (χ2v) is 4.77. The molecule has 2 aromatic rings. The van der Waals surface area contributed by atoms with Gasteiger partial charge in [-0.2, -0.15) is 5.10 Å². The summed E-state index contributed by atoms with van der Waals surface area (Å²) in [4.78, 5) is 0. The highest BCUT2D eigenvalue weighted by molar-refractivity contribution is 6.31. The van der Waals surface area contributed by atoms with E-state index in [2.05, 4.69) is 18.9 Å². The van der Waals surface area contributed by atoms with Crippen LogP contribution in [0.15, 0.2) is 18.2 Å². The van der Waals surface area contributed by atoms with Gasteiger partial charge in [0.2, 0.25) is 0 Å². The molecule has 3 nitrogen and oxygen atoms in total. The van der Waals surface area contributed by atoms with Crippen LogP contribution in [0.5, 0.6) is 0 Å². The molecule has 0 unspecified atom stereocenters. The summed E-state index contributed by atoms with van der Waals surface area (Å²) in [5, 5.41) is 5.27. The normalized spacial score (nSPS) is 10.9. The summed E-state index contributed by atoms with van der Waals surface area (Å²) in [5.41, 5.74) is 11.2. The minimum Gasteiger partial charge on any atom is -0.398 e. The number of hydrogen-bond donors (Lipinski definition) is 1. The monoisotopic (exact) mass is 263 g/mol. The van der Waals surface area contributed by atoms with Crippen molar-refractivity contribution in [2.24, 2.45) is 7.05 Å². The van der Waals surface area contributed by atoms with Gasteiger partial charge < -0.3 is 5.73 Å². The number of hydrogen-bond acceptors (Lipinski definition) is 2. The lowest BCUT2D eigenvalue weighted by atomic mass is 9.99. The summed E-state index contributed by atoms with van der Waals surface area (Å²) >= 11 is 6.08. The maximum Gasteiger partial charge on any atom is 0.0703 e. The van der Waals surface area contributed by atoms with Crippen molar-refractivity contribution in [1.29, 1.82) is 0 Å². The van der Waals surface area contributed by atoms with Gasteiger partial charge in [-0.05, 0) is 31.0 Å². The molecule has 2 N–H and O–H groups in total.